The summed E-state index contributed by atoms with van der Waals surface area (Å²) in [6.07, 6.45) is 8.17. The summed E-state index contributed by atoms with van der Waals surface area (Å²) in [5.41, 5.74) is 12.5. The number of esters is 1. The minimum atomic E-state index is -3.76. The first-order valence-electron chi connectivity index (χ1n) is 37.6. The number of anilines is 4. The van der Waals surface area contributed by atoms with Gasteiger partial charge < -0.3 is 34.9 Å². The zero-order valence-corrected chi connectivity index (χ0v) is 70.5. The van der Waals surface area contributed by atoms with Gasteiger partial charge in [0.05, 0.1) is 73.1 Å². The maximum Gasteiger partial charge on any atom is 0.305 e. The summed E-state index contributed by atoms with van der Waals surface area (Å²) in [5, 5.41) is 10.6. The third-order valence-electron chi connectivity index (χ3n) is 20.2. The van der Waals surface area contributed by atoms with Crippen molar-refractivity contribution >= 4 is 85.4 Å². The number of para-hydroxylation sites is 4. The monoisotopic (exact) mass is 1630 g/mol. The summed E-state index contributed by atoms with van der Waals surface area (Å²) in [6, 6.07) is 51.3. The Morgan fingerprint density at radius 1 is 0.446 bits per heavy atom. The Balaban J connectivity index is 0.000000172. The first kappa shape index (κ1) is 87.7. The van der Waals surface area contributed by atoms with Crippen LogP contribution in [0.2, 0.25) is 0 Å². The van der Waals surface area contributed by atoms with Gasteiger partial charge in [0.2, 0.25) is 0 Å². The highest BCUT2D eigenvalue weighted by Gasteiger charge is 2.40. The number of fused-ring (bicyclic) bond motifs is 8. The molecule has 0 amide bonds. The van der Waals surface area contributed by atoms with Gasteiger partial charge in [0, 0.05) is 97.1 Å². The molecule has 604 valence electrons. The SMILES string of the molecule is CC(=O)COCCCN(C)C1c2ccccc2N(C)S(=O)(=O)c2cc(C)ccc21.CCOC(=O)CCCCCCNC1c2ccccc2N(C)S(=O)(=O)c2ccc(C)cc21.COCCCNC1c2ccccc2N(C)S(=O)(=O)c2cc(S(C)=O)ccc21.COCCCNC1c2ccccc2N(C)S(=O)(=O)c2ccc(C)cc21. The van der Waals surface area contributed by atoms with Gasteiger partial charge in [-0.05, 0) is 198 Å². The average Bonchev–Trinajstić information content (AvgIpc) is 1.63. The van der Waals surface area contributed by atoms with Crippen LogP contribution in [0.15, 0.2) is 194 Å². The van der Waals surface area contributed by atoms with Crippen molar-refractivity contribution in [3.8, 4) is 0 Å². The van der Waals surface area contributed by atoms with Gasteiger partial charge in [0.15, 0.2) is 5.78 Å². The van der Waals surface area contributed by atoms with Gasteiger partial charge in [-0.25, -0.2) is 33.7 Å². The number of nitrogens with one attached hydrogen (secondary N) is 3. The Hall–Kier alpha value is -8.23. The number of carbonyl (C=O) groups is 2. The van der Waals surface area contributed by atoms with E-state index < -0.39 is 50.9 Å². The number of Topliss-reactive ketones (excluding diaryl/α,β-unsaturated/α-hetero) is 1. The molecule has 0 fully saturated rings. The zero-order valence-electron chi connectivity index (χ0n) is 66.4. The number of sulfonamides is 4. The number of rotatable bonds is 27. The number of hydrogen-bond acceptors (Lipinski definition) is 19. The molecule has 0 spiro atoms. The van der Waals surface area contributed by atoms with Crippen molar-refractivity contribution in [2.24, 2.45) is 0 Å². The molecule has 0 radical (unpaired) electrons. The lowest BCUT2D eigenvalue weighted by atomic mass is 9.95. The van der Waals surface area contributed by atoms with Crippen LogP contribution in [0.5, 0.6) is 0 Å². The van der Waals surface area contributed by atoms with Crippen LogP contribution in [0.25, 0.3) is 0 Å². The van der Waals surface area contributed by atoms with E-state index in [0.717, 1.165) is 114 Å². The summed E-state index contributed by atoms with van der Waals surface area (Å²) in [7, 11) is -4.16. The molecule has 4 aliphatic heterocycles. The van der Waals surface area contributed by atoms with Crippen LogP contribution in [0.3, 0.4) is 0 Å². The smallest absolute Gasteiger partial charge is 0.305 e. The van der Waals surface area contributed by atoms with Gasteiger partial charge in [-0.2, -0.15) is 0 Å². The van der Waals surface area contributed by atoms with Crippen LogP contribution in [0.4, 0.5) is 22.7 Å². The molecule has 0 aliphatic carbocycles. The van der Waals surface area contributed by atoms with Gasteiger partial charge in [0.25, 0.3) is 40.1 Å². The number of carbonyl (C=O) groups excluding carboxylic acids is 2. The minimum absolute atomic E-state index is 0.00795. The molecule has 0 bridgehead atoms. The zero-order chi connectivity index (χ0) is 81.2. The first-order chi connectivity index (χ1) is 53.4. The Morgan fingerprint density at radius 3 is 1.29 bits per heavy atom. The average molecular weight is 1630 g/mol. The largest absolute Gasteiger partial charge is 0.466 e. The highest BCUT2D eigenvalue weighted by molar-refractivity contribution is 7.94. The van der Waals surface area contributed by atoms with E-state index in [-0.39, 0.29) is 47.4 Å². The minimum Gasteiger partial charge on any atom is -0.466 e. The van der Waals surface area contributed by atoms with Crippen LogP contribution in [-0.2, 0) is 79.4 Å². The van der Waals surface area contributed by atoms with Crippen molar-refractivity contribution in [3.63, 3.8) is 0 Å². The third-order valence-corrected chi connectivity index (χ3v) is 28.4. The molecular formula is C84H108N8O15S5. The van der Waals surface area contributed by atoms with E-state index in [1.807, 2.05) is 168 Å². The number of methoxy groups -OCH3 is 2. The van der Waals surface area contributed by atoms with Gasteiger partial charge in [-0.15, -0.1) is 0 Å². The van der Waals surface area contributed by atoms with Gasteiger partial charge in [-0.3, -0.25) is 35.9 Å². The Kier molecular flexibility index (Phi) is 31.1. The second-order valence-corrected chi connectivity index (χ2v) is 37.3. The highest BCUT2D eigenvalue weighted by atomic mass is 32.2. The van der Waals surface area contributed by atoms with Crippen molar-refractivity contribution in [1.82, 2.24) is 20.9 Å². The summed E-state index contributed by atoms with van der Waals surface area (Å²) in [5.74, 6) is -0.124. The molecule has 5 unspecified atom stereocenters. The number of ether oxygens (including phenoxy) is 4. The maximum atomic E-state index is 13.3. The predicted molar refractivity (Wildman–Crippen MR) is 443 cm³/mol. The van der Waals surface area contributed by atoms with Crippen molar-refractivity contribution in [3.05, 3.63) is 231 Å². The summed E-state index contributed by atoms with van der Waals surface area (Å²) in [4.78, 5) is 26.3. The number of ketones is 1. The van der Waals surface area contributed by atoms with E-state index in [9.17, 15) is 47.5 Å². The summed E-state index contributed by atoms with van der Waals surface area (Å²) >= 11 is 0. The van der Waals surface area contributed by atoms with Crippen LogP contribution < -0.4 is 33.2 Å². The van der Waals surface area contributed by atoms with Crippen molar-refractivity contribution < 1.29 is 66.4 Å². The van der Waals surface area contributed by atoms with E-state index >= 15 is 0 Å². The molecule has 8 aromatic rings. The fourth-order valence-corrected chi connectivity index (χ4v) is 20.9. The molecule has 4 heterocycles. The fraction of sp³-hybridized carbons (Fsp3) is 0.405. The number of benzene rings is 8. The van der Waals surface area contributed by atoms with Crippen molar-refractivity contribution in [1.29, 1.82) is 0 Å². The molecule has 0 saturated carbocycles. The first-order valence-corrected chi connectivity index (χ1v) is 45.0. The maximum absolute atomic E-state index is 13.3. The Labute approximate surface area is 666 Å². The van der Waals surface area contributed by atoms with Crippen molar-refractivity contribution in [2.45, 2.75) is 135 Å². The topological polar surface area (TPSA) is 277 Å². The normalized spacial score (nSPS) is 17.9. The lowest BCUT2D eigenvalue weighted by Crippen LogP contribution is -2.28. The predicted octanol–water partition coefficient (Wildman–Crippen LogP) is 12.6. The van der Waals surface area contributed by atoms with E-state index in [0.29, 0.717) is 93.8 Å². The van der Waals surface area contributed by atoms with Crippen LogP contribution in [0, 0.1) is 20.8 Å². The van der Waals surface area contributed by atoms with Crippen LogP contribution in [0.1, 0.15) is 151 Å². The van der Waals surface area contributed by atoms with Gasteiger partial charge >= 0.3 is 5.97 Å². The quantitative estimate of drug-likeness (QED) is 0.0319. The molecule has 12 rings (SSSR count). The molecule has 4 aliphatic rings. The number of unbranched alkanes of at least 4 members (excludes halogenated alkanes) is 3. The molecule has 23 nitrogen and oxygen atoms in total. The number of nitrogens with zero attached hydrogens (tertiary/aromatic N) is 5. The fourth-order valence-electron chi connectivity index (χ4n) is 14.4. The molecule has 3 N–H and O–H groups in total. The molecule has 0 saturated heterocycles. The van der Waals surface area contributed by atoms with Crippen molar-refractivity contribution in [2.75, 3.05) is 132 Å². The third kappa shape index (κ3) is 20.5. The lowest BCUT2D eigenvalue weighted by molar-refractivity contribution is -0.143. The summed E-state index contributed by atoms with van der Waals surface area (Å²) < 4.78 is 144. The molecular weight excluding hydrogens is 1520 g/mol. The second kappa shape index (κ2) is 39.7. The van der Waals surface area contributed by atoms with Gasteiger partial charge in [0.1, 0.15) is 6.61 Å². The van der Waals surface area contributed by atoms with E-state index in [2.05, 4.69) is 20.9 Å². The van der Waals surface area contributed by atoms with Crippen LogP contribution >= 0.6 is 0 Å². The van der Waals surface area contributed by atoms with Gasteiger partial charge in [-0.1, -0.05) is 139 Å². The summed E-state index contributed by atoms with van der Waals surface area (Å²) in [6.45, 7) is 14.4. The Morgan fingerprint density at radius 2 is 0.839 bits per heavy atom. The second-order valence-electron chi connectivity index (χ2n) is 28.2. The molecule has 5 atom stereocenters. The highest BCUT2D eigenvalue weighted by Crippen LogP contribution is 2.46. The standard InChI is InChI=1S/C24H32N2O4S.C22H28N2O4S.C19H24N2O4S2.C19H24N2O3S/c1-4-30-23(27)13-7-5-6-10-16-25-24-19-11-8-9-12-21(19)26(3)31(28,29)22-15-14-18(2)17-20(22)24;1-16-10-11-19-21(14-16)29(26,27)24(4)20-9-6-5-8-18(20)22(19)23(3)12-7-13-28-15-17(2)25;1-21-17-8-5-4-7-15(17)19(20-11-6-12-25-2)16-10-9-14(26(3)22)13-18(16)27(21,23)24;1-14-9-10-18-16(13-14)19(20-11-6-12-24-3)15-7-4-5-8-17(15)21(2)25(18,22)23/h8-9,11-12,14-15,17,24-25H,4-7,10,13,16H2,1-3H3;5-6,8-11,14,22H,7,12-13,15H2,1-4H3;4-5,7-10,13,19-20H,6,11-12H2,1-3H3;4-5,7-10,13,19-20H,6,11-12H2,1-3H3. The number of aryl methyl sites for hydroxylation is 3. The van der Waals surface area contributed by atoms with E-state index in [1.54, 1.807) is 79.0 Å². The molecule has 112 heavy (non-hydrogen) atoms. The Bertz CT molecular complexity index is 5110. The molecule has 28 heteroatoms. The molecule has 8 aromatic carbocycles. The lowest BCUT2D eigenvalue weighted by Gasteiger charge is -2.30. The molecule has 0 aromatic heterocycles. The van der Waals surface area contributed by atoms with E-state index in [4.69, 9.17) is 18.9 Å². The van der Waals surface area contributed by atoms with Crippen LogP contribution in [-0.4, -0.2) is 169 Å². The number of hydrogen-bond donors (Lipinski definition) is 3. The van der Waals surface area contributed by atoms with E-state index in [1.165, 1.54) is 30.2 Å².